The molecule has 8 heteroatoms. The third kappa shape index (κ3) is 4.70. The Morgan fingerprint density at radius 1 is 1.08 bits per heavy atom. The Morgan fingerprint density at radius 2 is 1.73 bits per heavy atom. The Kier molecular flexibility index (Phi) is 6.13. The van der Waals surface area contributed by atoms with Crippen LogP contribution < -0.4 is 5.73 Å². The van der Waals surface area contributed by atoms with Gasteiger partial charge in [-0.3, -0.25) is 4.79 Å². The lowest BCUT2D eigenvalue weighted by atomic mass is 9.89. The number of hydrogen-bond donors (Lipinski definition) is 4. The number of halogens is 1. The molecule has 0 radical (unpaired) electrons. The minimum absolute atomic E-state index is 0.0740. The Hall–Kier alpha value is -3.13. The summed E-state index contributed by atoms with van der Waals surface area (Å²) in [4.78, 5) is 23.1. The number of phenols is 2. The van der Waals surface area contributed by atoms with Gasteiger partial charge < -0.3 is 25.8 Å². The summed E-state index contributed by atoms with van der Waals surface area (Å²) in [6.45, 7) is -0.135. The Balaban J connectivity index is 2.07. The van der Waals surface area contributed by atoms with Crippen LogP contribution in [-0.2, 0) is 9.53 Å². The van der Waals surface area contributed by atoms with E-state index >= 15 is 0 Å². The molecule has 2 aromatic rings. The summed E-state index contributed by atoms with van der Waals surface area (Å²) >= 11 is 0. The predicted octanol–water partition coefficient (Wildman–Crippen LogP) is 1.98. The van der Waals surface area contributed by atoms with Crippen LogP contribution in [0.4, 0.5) is 4.39 Å². The van der Waals surface area contributed by atoms with Gasteiger partial charge in [0.15, 0.2) is 11.5 Å². The fraction of sp³-hybridized carbons (Fsp3) is 0.222. The number of aromatic hydroxyl groups is 2. The Morgan fingerprint density at radius 3 is 2.31 bits per heavy atom. The number of ether oxygens (including phenoxy) is 1. The maximum Gasteiger partial charge on any atom is 0.338 e. The van der Waals surface area contributed by atoms with Crippen LogP contribution in [0, 0.1) is 5.82 Å². The van der Waals surface area contributed by atoms with Crippen molar-refractivity contribution in [3.05, 3.63) is 59.4 Å². The Bertz CT molecular complexity index is 793. The second kappa shape index (κ2) is 8.30. The number of hydrogen-bond acceptors (Lipinski definition) is 6. The number of esters is 1. The van der Waals surface area contributed by atoms with E-state index in [0.29, 0.717) is 5.56 Å². The molecule has 0 saturated carbocycles. The molecule has 0 heterocycles. The summed E-state index contributed by atoms with van der Waals surface area (Å²) in [6, 6.07) is 7.36. The summed E-state index contributed by atoms with van der Waals surface area (Å²) in [5.41, 5.74) is 6.24. The molecule has 138 valence electrons. The van der Waals surface area contributed by atoms with Gasteiger partial charge >= 0.3 is 11.9 Å². The van der Waals surface area contributed by atoms with Gasteiger partial charge in [0.2, 0.25) is 0 Å². The van der Waals surface area contributed by atoms with Crippen LogP contribution in [0.2, 0.25) is 0 Å². The summed E-state index contributed by atoms with van der Waals surface area (Å²) in [7, 11) is 0. The topological polar surface area (TPSA) is 130 Å². The first-order chi connectivity index (χ1) is 12.3. The van der Waals surface area contributed by atoms with Crippen molar-refractivity contribution < 1.29 is 34.0 Å². The third-order valence-corrected chi connectivity index (χ3v) is 3.89. The maximum absolute atomic E-state index is 12.9. The van der Waals surface area contributed by atoms with Crippen molar-refractivity contribution >= 4 is 11.9 Å². The number of benzene rings is 2. The van der Waals surface area contributed by atoms with E-state index < -0.39 is 35.5 Å². The number of rotatable bonds is 7. The normalized spacial score (nSPS) is 13.0. The van der Waals surface area contributed by atoms with Gasteiger partial charge in [0, 0.05) is 5.92 Å². The zero-order chi connectivity index (χ0) is 19.3. The molecule has 0 aliphatic carbocycles. The fourth-order valence-corrected chi connectivity index (χ4v) is 2.44. The second-order valence-corrected chi connectivity index (χ2v) is 5.65. The highest BCUT2D eigenvalue weighted by Gasteiger charge is 2.27. The highest BCUT2D eigenvalue weighted by atomic mass is 19.1. The van der Waals surface area contributed by atoms with Gasteiger partial charge in [-0.05, 0) is 48.4 Å². The van der Waals surface area contributed by atoms with E-state index in [2.05, 4.69) is 0 Å². The quantitative estimate of drug-likeness (QED) is 0.437. The van der Waals surface area contributed by atoms with Crippen LogP contribution in [0.3, 0.4) is 0 Å². The molecule has 0 spiro atoms. The molecular weight excluding hydrogens is 345 g/mol. The monoisotopic (exact) mass is 363 g/mol. The van der Waals surface area contributed by atoms with Gasteiger partial charge in [0.25, 0.3) is 0 Å². The van der Waals surface area contributed by atoms with E-state index in [1.807, 2.05) is 0 Å². The van der Waals surface area contributed by atoms with E-state index in [1.165, 1.54) is 30.3 Å². The number of carbonyl (C=O) groups is 2. The van der Waals surface area contributed by atoms with Crippen molar-refractivity contribution in [3.63, 3.8) is 0 Å². The van der Waals surface area contributed by atoms with Crippen molar-refractivity contribution in [3.8, 4) is 11.5 Å². The van der Waals surface area contributed by atoms with Gasteiger partial charge in [-0.25, -0.2) is 9.18 Å². The summed E-state index contributed by atoms with van der Waals surface area (Å²) in [5, 5.41) is 28.1. The van der Waals surface area contributed by atoms with Crippen molar-refractivity contribution in [2.45, 2.75) is 18.4 Å². The van der Waals surface area contributed by atoms with E-state index in [-0.39, 0.29) is 24.3 Å². The molecule has 2 atom stereocenters. The van der Waals surface area contributed by atoms with Crippen LogP contribution in [0.5, 0.6) is 11.5 Å². The first kappa shape index (κ1) is 19.2. The minimum Gasteiger partial charge on any atom is -0.504 e. The number of carbonyl (C=O) groups excluding carboxylic acids is 1. The number of nitrogens with two attached hydrogens (primary N) is 1. The summed E-state index contributed by atoms with van der Waals surface area (Å²) in [6.07, 6.45) is 0.0740. The molecule has 0 aromatic heterocycles. The SMILES string of the molecule is N[C@H](C(=O)O)C(CCOC(=O)c1ccc(F)cc1)c1ccc(O)c(O)c1. The highest BCUT2D eigenvalue weighted by Crippen LogP contribution is 2.31. The zero-order valence-electron chi connectivity index (χ0n) is 13.6. The molecule has 0 saturated heterocycles. The summed E-state index contributed by atoms with van der Waals surface area (Å²) in [5.74, 6) is -3.94. The molecule has 5 N–H and O–H groups in total. The zero-order valence-corrected chi connectivity index (χ0v) is 13.6. The van der Waals surface area contributed by atoms with Gasteiger partial charge in [0.05, 0.1) is 12.2 Å². The number of aliphatic carboxylic acids is 1. The van der Waals surface area contributed by atoms with Crippen LogP contribution >= 0.6 is 0 Å². The molecule has 0 bridgehead atoms. The predicted molar refractivity (Wildman–Crippen MR) is 89.4 cm³/mol. The molecule has 2 aromatic carbocycles. The Labute approximate surface area is 148 Å². The maximum atomic E-state index is 12.9. The molecule has 26 heavy (non-hydrogen) atoms. The van der Waals surface area contributed by atoms with Gasteiger partial charge in [-0.15, -0.1) is 0 Å². The van der Waals surface area contributed by atoms with Gasteiger partial charge in [0.1, 0.15) is 11.9 Å². The fourth-order valence-electron chi connectivity index (χ4n) is 2.44. The van der Waals surface area contributed by atoms with Crippen molar-refractivity contribution in [2.75, 3.05) is 6.61 Å². The highest BCUT2D eigenvalue weighted by molar-refractivity contribution is 5.89. The lowest BCUT2D eigenvalue weighted by Gasteiger charge is -2.21. The average molecular weight is 363 g/mol. The van der Waals surface area contributed by atoms with Crippen LogP contribution in [0.15, 0.2) is 42.5 Å². The largest absolute Gasteiger partial charge is 0.504 e. The molecule has 0 amide bonds. The van der Waals surface area contributed by atoms with Crippen molar-refractivity contribution in [1.29, 1.82) is 0 Å². The molecule has 2 rings (SSSR count). The molecule has 0 fully saturated rings. The number of carboxylic acids is 1. The molecule has 0 aliphatic heterocycles. The smallest absolute Gasteiger partial charge is 0.338 e. The minimum atomic E-state index is -1.30. The third-order valence-electron chi connectivity index (χ3n) is 3.89. The van der Waals surface area contributed by atoms with Crippen LogP contribution in [-0.4, -0.2) is 39.9 Å². The number of carboxylic acid groups (broad SMARTS) is 1. The van der Waals surface area contributed by atoms with Gasteiger partial charge in [-0.2, -0.15) is 0 Å². The van der Waals surface area contributed by atoms with Crippen LogP contribution in [0.25, 0.3) is 0 Å². The standard InChI is InChI=1S/C18H18FNO6/c19-12-4-1-10(2-5-12)18(25)26-8-7-13(16(20)17(23)24)11-3-6-14(21)15(22)9-11/h1-6,9,13,16,21-22H,7-8,20H2,(H,23,24)/t13?,16-/m0/s1. The molecule has 0 aliphatic rings. The summed E-state index contributed by atoms with van der Waals surface area (Å²) < 4.78 is 17.9. The molecule has 7 nitrogen and oxygen atoms in total. The molecule has 1 unspecified atom stereocenters. The first-order valence-corrected chi connectivity index (χ1v) is 7.72. The second-order valence-electron chi connectivity index (χ2n) is 5.65. The van der Waals surface area contributed by atoms with Crippen LogP contribution in [0.1, 0.15) is 28.3 Å². The lowest BCUT2D eigenvalue weighted by Crippen LogP contribution is -2.37. The van der Waals surface area contributed by atoms with Gasteiger partial charge in [-0.1, -0.05) is 6.07 Å². The van der Waals surface area contributed by atoms with Crippen molar-refractivity contribution in [2.24, 2.45) is 5.73 Å². The number of phenolic OH excluding ortho intramolecular Hbond substituents is 2. The first-order valence-electron chi connectivity index (χ1n) is 7.72. The van der Waals surface area contributed by atoms with E-state index in [9.17, 15) is 24.2 Å². The van der Waals surface area contributed by atoms with E-state index in [1.54, 1.807) is 0 Å². The lowest BCUT2D eigenvalue weighted by molar-refractivity contribution is -0.139. The van der Waals surface area contributed by atoms with E-state index in [4.69, 9.17) is 15.6 Å². The average Bonchev–Trinajstić information content (AvgIpc) is 2.61. The molecular formula is C18H18FNO6. The van der Waals surface area contributed by atoms with E-state index in [0.717, 1.165) is 12.1 Å². The van der Waals surface area contributed by atoms with Crippen molar-refractivity contribution in [1.82, 2.24) is 0 Å².